The monoisotopic (exact) mass is 281 g/mol. The van der Waals surface area contributed by atoms with Gasteiger partial charge in [0.2, 0.25) is 0 Å². The van der Waals surface area contributed by atoms with Crippen molar-refractivity contribution in [1.82, 2.24) is 15.2 Å². The fourth-order valence-corrected chi connectivity index (χ4v) is 2.99. The molecule has 1 aromatic carbocycles. The molecule has 3 nitrogen and oxygen atoms in total. The molecule has 1 aromatic heterocycles. The largest absolute Gasteiger partial charge is 0.314 e. The molecule has 1 aliphatic heterocycles. The number of hydrogen-bond acceptors (Lipinski definition) is 3. The van der Waals surface area contributed by atoms with Crippen molar-refractivity contribution in [2.45, 2.75) is 26.4 Å². The summed E-state index contributed by atoms with van der Waals surface area (Å²) in [7, 11) is 0. The van der Waals surface area contributed by atoms with Gasteiger partial charge in [0.15, 0.2) is 0 Å². The molecule has 1 aliphatic rings. The van der Waals surface area contributed by atoms with E-state index in [1.54, 1.807) is 0 Å². The smallest absolute Gasteiger partial charge is 0.0477 e. The van der Waals surface area contributed by atoms with E-state index < -0.39 is 0 Å². The Balaban J connectivity index is 1.79. The van der Waals surface area contributed by atoms with Crippen LogP contribution < -0.4 is 5.32 Å². The van der Waals surface area contributed by atoms with Crippen LogP contribution >= 0.6 is 0 Å². The molecule has 21 heavy (non-hydrogen) atoms. The fourth-order valence-electron chi connectivity index (χ4n) is 2.99. The first-order valence-electron chi connectivity index (χ1n) is 7.65. The van der Waals surface area contributed by atoms with Crippen LogP contribution in [0.3, 0.4) is 0 Å². The Morgan fingerprint density at radius 3 is 2.71 bits per heavy atom. The molecule has 1 unspecified atom stereocenters. The van der Waals surface area contributed by atoms with Crippen LogP contribution in [0.5, 0.6) is 0 Å². The molecule has 2 aromatic rings. The van der Waals surface area contributed by atoms with Gasteiger partial charge in [0.1, 0.15) is 0 Å². The Hall–Kier alpha value is -1.71. The maximum atomic E-state index is 4.13. The van der Waals surface area contributed by atoms with Gasteiger partial charge in [-0.1, -0.05) is 18.2 Å². The van der Waals surface area contributed by atoms with Gasteiger partial charge in [0.25, 0.3) is 0 Å². The van der Waals surface area contributed by atoms with Crippen LogP contribution in [0.4, 0.5) is 0 Å². The fraction of sp³-hybridized carbons (Fsp3) is 0.389. The van der Waals surface area contributed by atoms with E-state index in [2.05, 4.69) is 59.4 Å². The quantitative estimate of drug-likeness (QED) is 0.937. The summed E-state index contributed by atoms with van der Waals surface area (Å²) < 4.78 is 0. The highest BCUT2D eigenvalue weighted by Crippen LogP contribution is 2.24. The number of rotatable bonds is 3. The van der Waals surface area contributed by atoms with Crippen LogP contribution in [0.2, 0.25) is 0 Å². The molecule has 3 heteroatoms. The van der Waals surface area contributed by atoms with Gasteiger partial charge in [-0.25, -0.2) is 0 Å². The number of hydrogen-bond donors (Lipinski definition) is 1. The Morgan fingerprint density at radius 2 is 1.95 bits per heavy atom. The van der Waals surface area contributed by atoms with Crippen LogP contribution in [0.25, 0.3) is 0 Å². The van der Waals surface area contributed by atoms with Crippen molar-refractivity contribution >= 4 is 0 Å². The SMILES string of the molecule is Cc1ccc(CN2CCNCC2c2ccncc2)cc1C. The van der Waals surface area contributed by atoms with Crippen molar-refractivity contribution in [2.75, 3.05) is 19.6 Å². The third-order valence-corrected chi connectivity index (χ3v) is 4.40. The van der Waals surface area contributed by atoms with Crippen LogP contribution in [-0.2, 0) is 6.54 Å². The number of nitrogens with one attached hydrogen (secondary N) is 1. The molecular weight excluding hydrogens is 258 g/mol. The van der Waals surface area contributed by atoms with Crippen molar-refractivity contribution in [3.8, 4) is 0 Å². The predicted octanol–water partition coefficient (Wildman–Crippen LogP) is 2.84. The van der Waals surface area contributed by atoms with E-state index in [9.17, 15) is 0 Å². The molecule has 0 radical (unpaired) electrons. The first-order chi connectivity index (χ1) is 10.2. The molecule has 1 fully saturated rings. The maximum Gasteiger partial charge on any atom is 0.0477 e. The zero-order chi connectivity index (χ0) is 14.7. The lowest BCUT2D eigenvalue weighted by Gasteiger charge is -2.36. The lowest BCUT2D eigenvalue weighted by atomic mass is 10.0. The van der Waals surface area contributed by atoms with Gasteiger partial charge >= 0.3 is 0 Å². The summed E-state index contributed by atoms with van der Waals surface area (Å²) in [5, 5.41) is 3.51. The summed E-state index contributed by atoms with van der Waals surface area (Å²) in [4.78, 5) is 6.70. The lowest BCUT2D eigenvalue weighted by Crippen LogP contribution is -2.45. The standard InChI is InChI=1S/C18H23N3/c1-14-3-4-16(11-15(14)2)13-21-10-9-20-12-18(21)17-5-7-19-8-6-17/h3-8,11,18,20H,9-10,12-13H2,1-2H3. The van der Waals surface area contributed by atoms with Gasteiger partial charge < -0.3 is 5.32 Å². The first-order valence-corrected chi connectivity index (χ1v) is 7.65. The number of nitrogens with zero attached hydrogens (tertiary/aromatic N) is 2. The topological polar surface area (TPSA) is 28.2 Å². The summed E-state index contributed by atoms with van der Waals surface area (Å²) >= 11 is 0. The number of aryl methyl sites for hydroxylation is 2. The van der Waals surface area contributed by atoms with E-state index in [1.165, 1.54) is 22.3 Å². The van der Waals surface area contributed by atoms with E-state index in [0.29, 0.717) is 6.04 Å². The Morgan fingerprint density at radius 1 is 1.14 bits per heavy atom. The van der Waals surface area contributed by atoms with E-state index in [-0.39, 0.29) is 0 Å². The van der Waals surface area contributed by atoms with Gasteiger partial charge in [0, 0.05) is 44.6 Å². The highest BCUT2D eigenvalue weighted by atomic mass is 15.2. The molecule has 1 N–H and O–H groups in total. The van der Waals surface area contributed by atoms with E-state index in [1.807, 2.05) is 12.4 Å². The minimum atomic E-state index is 0.434. The second-order valence-corrected chi connectivity index (χ2v) is 5.89. The highest BCUT2D eigenvalue weighted by Gasteiger charge is 2.23. The molecule has 2 heterocycles. The second-order valence-electron chi connectivity index (χ2n) is 5.89. The number of pyridine rings is 1. The van der Waals surface area contributed by atoms with Crippen LogP contribution in [0.15, 0.2) is 42.7 Å². The van der Waals surface area contributed by atoms with Gasteiger partial charge in [-0.3, -0.25) is 9.88 Å². The highest BCUT2D eigenvalue weighted by molar-refractivity contribution is 5.30. The summed E-state index contributed by atoms with van der Waals surface area (Å²) in [6.45, 7) is 8.53. The minimum Gasteiger partial charge on any atom is -0.314 e. The molecule has 3 rings (SSSR count). The van der Waals surface area contributed by atoms with Crippen molar-refractivity contribution in [1.29, 1.82) is 0 Å². The number of aromatic nitrogens is 1. The van der Waals surface area contributed by atoms with Crippen molar-refractivity contribution in [3.63, 3.8) is 0 Å². The normalized spacial score (nSPS) is 19.6. The zero-order valence-corrected chi connectivity index (χ0v) is 12.8. The molecule has 0 aliphatic carbocycles. The number of benzene rings is 1. The molecular formula is C18H23N3. The molecule has 0 bridgehead atoms. The minimum absolute atomic E-state index is 0.434. The van der Waals surface area contributed by atoms with E-state index >= 15 is 0 Å². The first kappa shape index (κ1) is 14.2. The van der Waals surface area contributed by atoms with Gasteiger partial charge in [-0.05, 0) is 48.2 Å². The third-order valence-electron chi connectivity index (χ3n) is 4.40. The Bertz CT molecular complexity index is 595. The molecule has 0 saturated carbocycles. The zero-order valence-electron chi connectivity index (χ0n) is 12.8. The molecule has 110 valence electrons. The predicted molar refractivity (Wildman–Crippen MR) is 86.2 cm³/mol. The van der Waals surface area contributed by atoms with Crippen LogP contribution in [-0.4, -0.2) is 29.5 Å². The second kappa shape index (κ2) is 6.37. The van der Waals surface area contributed by atoms with Crippen molar-refractivity contribution < 1.29 is 0 Å². The van der Waals surface area contributed by atoms with Gasteiger partial charge in [0.05, 0.1) is 0 Å². The van der Waals surface area contributed by atoms with Crippen molar-refractivity contribution in [3.05, 3.63) is 65.0 Å². The maximum absolute atomic E-state index is 4.13. The van der Waals surface area contributed by atoms with E-state index in [4.69, 9.17) is 0 Å². The summed E-state index contributed by atoms with van der Waals surface area (Å²) in [6.07, 6.45) is 3.77. The Labute approximate surface area is 127 Å². The summed E-state index contributed by atoms with van der Waals surface area (Å²) in [5.74, 6) is 0. The van der Waals surface area contributed by atoms with E-state index in [0.717, 1.165) is 26.2 Å². The van der Waals surface area contributed by atoms with Gasteiger partial charge in [-0.15, -0.1) is 0 Å². The lowest BCUT2D eigenvalue weighted by molar-refractivity contribution is 0.153. The molecule has 1 saturated heterocycles. The molecule has 0 amide bonds. The number of piperazine rings is 1. The van der Waals surface area contributed by atoms with Gasteiger partial charge in [-0.2, -0.15) is 0 Å². The third kappa shape index (κ3) is 3.31. The average molecular weight is 281 g/mol. The molecule has 0 spiro atoms. The Kier molecular flexibility index (Phi) is 4.32. The van der Waals surface area contributed by atoms with Crippen molar-refractivity contribution in [2.24, 2.45) is 0 Å². The average Bonchev–Trinajstić information content (AvgIpc) is 2.52. The summed E-state index contributed by atoms with van der Waals surface area (Å²) in [5.41, 5.74) is 5.49. The molecule has 1 atom stereocenters. The van der Waals surface area contributed by atoms with Crippen LogP contribution in [0, 0.1) is 13.8 Å². The van der Waals surface area contributed by atoms with Crippen LogP contribution in [0.1, 0.15) is 28.3 Å². The summed E-state index contributed by atoms with van der Waals surface area (Å²) in [6, 6.07) is 11.5.